The van der Waals surface area contributed by atoms with Gasteiger partial charge in [0.2, 0.25) is 11.8 Å². The van der Waals surface area contributed by atoms with Gasteiger partial charge in [-0.15, -0.1) is 0 Å². The minimum absolute atomic E-state index is 0.0233. The highest BCUT2D eigenvalue weighted by Crippen LogP contribution is 2.42. The number of hydrogen-bond donors (Lipinski definition) is 3. The fourth-order valence-electron chi connectivity index (χ4n) is 6.74. The van der Waals surface area contributed by atoms with E-state index < -0.39 is 29.6 Å². The van der Waals surface area contributed by atoms with E-state index >= 15 is 0 Å². The van der Waals surface area contributed by atoms with Gasteiger partial charge in [0.05, 0.1) is 5.41 Å². The summed E-state index contributed by atoms with van der Waals surface area (Å²) in [6, 6.07) is 20.8. The standard InChI is InChI=1S/C37H41ClN4O7/c1-24-34(45)42(33(27-12-14-28(38)15-13-27)41(24)32(44)23-49-30-8-4-3-5-9-30)29-16-10-26(11-17-29)22-31(35(46)47)40-36(48)37(18-6-7-19-37)20-21-39-25(2)43/h3-5,8-17,24,31,33H,6-7,18-23H2,1-2H3,(H,39,43)(H,40,48)(H,46,47). The van der Waals surface area contributed by atoms with Gasteiger partial charge < -0.3 is 25.4 Å². The number of halogens is 1. The first-order valence-corrected chi connectivity index (χ1v) is 16.8. The molecule has 1 aliphatic heterocycles. The Morgan fingerprint density at radius 3 is 2.24 bits per heavy atom. The van der Waals surface area contributed by atoms with Crippen LogP contribution < -0.4 is 20.3 Å². The Morgan fingerprint density at radius 2 is 1.63 bits per heavy atom. The van der Waals surface area contributed by atoms with Crippen LogP contribution >= 0.6 is 11.6 Å². The second kappa shape index (κ2) is 15.5. The normalized spacial score (nSPS) is 19.0. The van der Waals surface area contributed by atoms with E-state index in [1.54, 1.807) is 84.6 Å². The molecule has 3 atom stereocenters. The Kier molecular flexibility index (Phi) is 11.2. The third-order valence-corrected chi connectivity index (χ3v) is 9.61. The van der Waals surface area contributed by atoms with Gasteiger partial charge in [0.25, 0.3) is 11.8 Å². The number of aliphatic carboxylic acids is 1. The molecule has 258 valence electrons. The summed E-state index contributed by atoms with van der Waals surface area (Å²) in [6.45, 7) is 3.17. The molecule has 2 aliphatic rings. The van der Waals surface area contributed by atoms with Crippen LogP contribution in [0.25, 0.3) is 0 Å². The minimum Gasteiger partial charge on any atom is -0.484 e. The largest absolute Gasteiger partial charge is 0.484 e. The number of amides is 4. The maximum atomic E-state index is 13.8. The molecular formula is C37H41ClN4O7. The summed E-state index contributed by atoms with van der Waals surface area (Å²) in [5, 5.41) is 16.1. The maximum absolute atomic E-state index is 13.8. The van der Waals surface area contributed by atoms with Crippen molar-refractivity contribution < 1.29 is 33.8 Å². The van der Waals surface area contributed by atoms with Crippen molar-refractivity contribution in [2.75, 3.05) is 18.1 Å². The smallest absolute Gasteiger partial charge is 0.326 e. The van der Waals surface area contributed by atoms with Crippen LogP contribution in [0.1, 0.15) is 63.2 Å². The average molecular weight is 689 g/mol. The van der Waals surface area contributed by atoms with E-state index in [4.69, 9.17) is 16.3 Å². The number of hydrogen-bond acceptors (Lipinski definition) is 6. The van der Waals surface area contributed by atoms with E-state index in [1.165, 1.54) is 11.8 Å². The van der Waals surface area contributed by atoms with E-state index in [1.807, 2.05) is 6.07 Å². The highest BCUT2D eigenvalue weighted by Gasteiger charge is 2.48. The molecular weight excluding hydrogens is 648 g/mol. The molecule has 1 saturated heterocycles. The van der Waals surface area contributed by atoms with Crippen LogP contribution in [0.15, 0.2) is 78.9 Å². The number of rotatable bonds is 13. The van der Waals surface area contributed by atoms with Crippen molar-refractivity contribution in [2.45, 2.75) is 70.6 Å². The number of benzene rings is 3. The molecule has 2 fully saturated rings. The van der Waals surface area contributed by atoms with E-state index in [0.29, 0.717) is 53.4 Å². The average Bonchev–Trinajstić information content (AvgIpc) is 3.67. The molecule has 3 aromatic rings. The van der Waals surface area contributed by atoms with E-state index in [2.05, 4.69) is 10.6 Å². The topological polar surface area (TPSA) is 145 Å². The molecule has 12 heteroatoms. The summed E-state index contributed by atoms with van der Waals surface area (Å²) >= 11 is 6.17. The van der Waals surface area contributed by atoms with Gasteiger partial charge in [-0.2, -0.15) is 0 Å². The molecule has 11 nitrogen and oxygen atoms in total. The third kappa shape index (κ3) is 8.22. The summed E-state index contributed by atoms with van der Waals surface area (Å²) in [5.41, 5.74) is 1.10. The molecule has 0 spiro atoms. The van der Waals surface area contributed by atoms with Gasteiger partial charge in [-0.05, 0) is 73.7 Å². The van der Waals surface area contributed by atoms with Crippen molar-refractivity contribution in [3.8, 4) is 5.75 Å². The lowest BCUT2D eigenvalue weighted by Gasteiger charge is -2.31. The lowest BCUT2D eigenvalue weighted by molar-refractivity contribution is -0.144. The number of carbonyl (C=O) groups excluding carboxylic acids is 4. The van der Waals surface area contributed by atoms with E-state index in [0.717, 1.165) is 12.8 Å². The highest BCUT2D eigenvalue weighted by molar-refractivity contribution is 6.30. The predicted molar refractivity (Wildman–Crippen MR) is 184 cm³/mol. The highest BCUT2D eigenvalue weighted by atomic mass is 35.5. The zero-order chi connectivity index (χ0) is 35.1. The van der Waals surface area contributed by atoms with Crippen molar-refractivity contribution >= 4 is 46.9 Å². The number of carboxylic acid groups (broad SMARTS) is 1. The SMILES string of the molecule is CC(=O)NCCC1(C(=O)NC(Cc2ccc(N3C(=O)C(C)N(C(=O)COc4ccccc4)C3c3ccc(Cl)cc3)cc2)C(=O)O)CCCC1. The zero-order valence-corrected chi connectivity index (χ0v) is 28.3. The van der Waals surface area contributed by atoms with Crippen LogP contribution in [0.5, 0.6) is 5.75 Å². The van der Waals surface area contributed by atoms with Gasteiger partial charge in [0.15, 0.2) is 6.61 Å². The third-order valence-electron chi connectivity index (χ3n) is 9.36. The van der Waals surface area contributed by atoms with Crippen molar-refractivity contribution in [3.05, 3.63) is 95.0 Å². The lowest BCUT2D eigenvalue weighted by atomic mass is 9.81. The van der Waals surface area contributed by atoms with Gasteiger partial charge in [-0.25, -0.2) is 4.79 Å². The molecule has 5 rings (SSSR count). The van der Waals surface area contributed by atoms with Gasteiger partial charge >= 0.3 is 5.97 Å². The fraction of sp³-hybridized carbons (Fsp3) is 0.378. The van der Waals surface area contributed by atoms with Crippen molar-refractivity contribution in [3.63, 3.8) is 0 Å². The Hall–Kier alpha value is -4.90. The molecule has 0 radical (unpaired) electrons. The van der Waals surface area contributed by atoms with Crippen LogP contribution in [0.3, 0.4) is 0 Å². The van der Waals surface area contributed by atoms with Crippen LogP contribution in [0.2, 0.25) is 5.02 Å². The Labute approximate surface area is 290 Å². The molecule has 3 unspecified atom stereocenters. The summed E-state index contributed by atoms with van der Waals surface area (Å²) < 4.78 is 5.74. The van der Waals surface area contributed by atoms with E-state index in [9.17, 15) is 29.1 Å². The maximum Gasteiger partial charge on any atom is 0.326 e. The van der Waals surface area contributed by atoms with Crippen molar-refractivity contribution in [1.29, 1.82) is 0 Å². The number of carbonyl (C=O) groups is 5. The van der Waals surface area contributed by atoms with Gasteiger partial charge in [0.1, 0.15) is 24.0 Å². The number of ether oxygens (including phenoxy) is 1. The molecule has 0 bridgehead atoms. The summed E-state index contributed by atoms with van der Waals surface area (Å²) in [5.74, 6) is -1.79. The first kappa shape index (κ1) is 35.4. The molecule has 0 aromatic heterocycles. The van der Waals surface area contributed by atoms with Gasteiger partial charge in [-0.3, -0.25) is 24.1 Å². The number of anilines is 1. The van der Waals surface area contributed by atoms with Crippen molar-refractivity contribution in [1.82, 2.24) is 15.5 Å². The van der Waals surface area contributed by atoms with Gasteiger partial charge in [-0.1, -0.05) is 66.9 Å². The zero-order valence-electron chi connectivity index (χ0n) is 27.6. The molecule has 1 heterocycles. The second-order valence-electron chi connectivity index (χ2n) is 12.7. The second-order valence-corrected chi connectivity index (χ2v) is 13.1. The minimum atomic E-state index is -1.18. The van der Waals surface area contributed by atoms with Crippen LogP contribution in [0, 0.1) is 5.41 Å². The molecule has 1 aliphatic carbocycles. The molecule has 3 aromatic carbocycles. The monoisotopic (exact) mass is 688 g/mol. The van der Waals surface area contributed by atoms with Crippen LogP contribution in [-0.4, -0.2) is 64.8 Å². The van der Waals surface area contributed by atoms with Crippen molar-refractivity contribution in [2.24, 2.45) is 5.41 Å². The molecule has 1 saturated carbocycles. The van der Waals surface area contributed by atoms with Crippen LogP contribution in [-0.2, 0) is 30.4 Å². The number of nitrogens with zero attached hydrogens (tertiary/aromatic N) is 2. The molecule has 49 heavy (non-hydrogen) atoms. The molecule has 3 N–H and O–H groups in total. The fourth-order valence-corrected chi connectivity index (χ4v) is 6.86. The summed E-state index contributed by atoms with van der Waals surface area (Å²) in [4.78, 5) is 67.6. The first-order valence-electron chi connectivity index (χ1n) is 16.4. The Bertz CT molecular complexity index is 1660. The number of carboxylic acids is 1. The first-order chi connectivity index (χ1) is 23.5. The summed E-state index contributed by atoms with van der Waals surface area (Å²) in [7, 11) is 0. The van der Waals surface area contributed by atoms with Crippen LogP contribution in [0.4, 0.5) is 5.69 Å². The lowest BCUT2D eigenvalue weighted by Crippen LogP contribution is -2.49. The quantitative estimate of drug-likeness (QED) is 0.232. The summed E-state index contributed by atoms with van der Waals surface area (Å²) in [6.07, 6.45) is 2.66. The Morgan fingerprint density at radius 1 is 0.980 bits per heavy atom. The Balaban J connectivity index is 1.34. The number of nitrogens with one attached hydrogen (secondary N) is 2. The van der Waals surface area contributed by atoms with E-state index in [-0.39, 0.29) is 36.7 Å². The van der Waals surface area contributed by atoms with Gasteiger partial charge in [0, 0.05) is 30.6 Å². The molecule has 4 amide bonds. The predicted octanol–water partition coefficient (Wildman–Crippen LogP) is 4.88. The number of para-hydroxylation sites is 1.